The van der Waals surface area contributed by atoms with Gasteiger partial charge in [-0.25, -0.2) is 13.1 Å². The van der Waals surface area contributed by atoms with Crippen molar-refractivity contribution >= 4 is 21.4 Å². The van der Waals surface area contributed by atoms with Crippen LogP contribution in [0.3, 0.4) is 0 Å². The Morgan fingerprint density at radius 1 is 1.35 bits per heavy atom. The van der Waals surface area contributed by atoms with E-state index >= 15 is 0 Å². The van der Waals surface area contributed by atoms with E-state index in [4.69, 9.17) is 5.84 Å². The second-order valence-electron chi connectivity index (χ2n) is 5.47. The number of benzene rings is 1. The van der Waals surface area contributed by atoms with E-state index < -0.39 is 20.6 Å². The predicted octanol–water partition coefficient (Wildman–Crippen LogP) is 1.20. The van der Waals surface area contributed by atoms with Gasteiger partial charge in [-0.2, -0.15) is 0 Å². The van der Waals surface area contributed by atoms with Crippen molar-refractivity contribution in [3.8, 4) is 0 Å². The van der Waals surface area contributed by atoms with Gasteiger partial charge in [0.05, 0.1) is 9.82 Å². The summed E-state index contributed by atoms with van der Waals surface area (Å²) in [6, 6.07) is 3.48. The van der Waals surface area contributed by atoms with Crippen LogP contribution in [0.4, 0.5) is 11.4 Å². The molecule has 0 bridgehead atoms. The lowest BCUT2D eigenvalue weighted by Gasteiger charge is -2.18. The Bertz CT molecular complexity index is 607. The van der Waals surface area contributed by atoms with E-state index in [-0.39, 0.29) is 22.5 Å². The number of nitrogens with zero attached hydrogens (tertiary/aromatic N) is 1. The second-order valence-corrected chi connectivity index (χ2v) is 7.23. The molecule has 0 heterocycles. The van der Waals surface area contributed by atoms with Crippen molar-refractivity contribution in [1.82, 2.24) is 4.72 Å². The maximum Gasteiger partial charge on any atom is 0.294 e. The highest BCUT2D eigenvalue weighted by atomic mass is 32.2. The van der Waals surface area contributed by atoms with Crippen LogP contribution in [-0.2, 0) is 10.0 Å². The van der Waals surface area contributed by atoms with Crippen molar-refractivity contribution in [3.63, 3.8) is 0 Å². The molecule has 20 heavy (non-hydrogen) atoms. The van der Waals surface area contributed by atoms with Crippen LogP contribution in [-0.4, -0.2) is 19.9 Å². The van der Waals surface area contributed by atoms with E-state index in [0.29, 0.717) is 0 Å². The molecule has 0 aliphatic heterocycles. The molecule has 0 saturated carbocycles. The number of anilines is 1. The van der Waals surface area contributed by atoms with Crippen LogP contribution in [0.5, 0.6) is 0 Å². The fraction of sp³-hybridized carbons (Fsp3) is 0.455. The molecule has 1 aromatic rings. The highest BCUT2D eigenvalue weighted by Gasteiger charge is 2.22. The van der Waals surface area contributed by atoms with Gasteiger partial charge < -0.3 is 5.43 Å². The number of nitrogens with two attached hydrogens (primary N) is 1. The van der Waals surface area contributed by atoms with Gasteiger partial charge in [-0.3, -0.25) is 16.0 Å². The maximum atomic E-state index is 12.1. The van der Waals surface area contributed by atoms with Gasteiger partial charge >= 0.3 is 0 Å². The summed E-state index contributed by atoms with van der Waals surface area (Å²) in [6.45, 7) is 5.85. The molecule has 1 aromatic carbocycles. The van der Waals surface area contributed by atoms with Crippen molar-refractivity contribution in [2.45, 2.75) is 25.7 Å². The van der Waals surface area contributed by atoms with E-state index in [0.717, 1.165) is 6.07 Å². The lowest BCUT2D eigenvalue weighted by atomic mass is 9.98. The number of rotatable bonds is 5. The van der Waals surface area contributed by atoms with Gasteiger partial charge in [0, 0.05) is 12.6 Å². The number of hydrogen-bond acceptors (Lipinski definition) is 6. The van der Waals surface area contributed by atoms with Gasteiger partial charge in [-0.05, 0) is 17.5 Å². The third-order valence-corrected chi connectivity index (χ3v) is 3.82. The van der Waals surface area contributed by atoms with Crippen LogP contribution in [0.25, 0.3) is 0 Å². The van der Waals surface area contributed by atoms with Gasteiger partial charge in [0.15, 0.2) is 0 Å². The van der Waals surface area contributed by atoms with Crippen molar-refractivity contribution in [2.75, 3.05) is 12.0 Å². The molecule has 0 unspecified atom stereocenters. The van der Waals surface area contributed by atoms with Crippen LogP contribution < -0.4 is 16.0 Å². The first-order chi connectivity index (χ1) is 9.07. The van der Waals surface area contributed by atoms with Crippen molar-refractivity contribution in [2.24, 2.45) is 11.3 Å². The third kappa shape index (κ3) is 4.15. The minimum Gasteiger partial charge on any atom is -0.318 e. The Balaban J connectivity index is 3.13. The maximum absolute atomic E-state index is 12.1. The zero-order valence-corrected chi connectivity index (χ0v) is 12.3. The average molecular weight is 302 g/mol. The number of hydrazine groups is 1. The lowest BCUT2D eigenvalue weighted by Crippen LogP contribution is -2.32. The molecule has 0 atom stereocenters. The average Bonchev–Trinajstić information content (AvgIpc) is 2.35. The molecule has 0 spiro atoms. The standard InChI is InChI=1S/C11H18N4O4S/c1-11(2,3)7-13-20(18,19)8-4-5-9(14-12)10(6-8)15(16)17/h4-6,13-14H,7,12H2,1-3H3. The van der Waals surface area contributed by atoms with Crippen LogP contribution in [0.15, 0.2) is 23.1 Å². The third-order valence-electron chi connectivity index (χ3n) is 2.42. The molecule has 1 rings (SSSR count). The molecule has 0 radical (unpaired) electrons. The van der Waals surface area contributed by atoms with Gasteiger partial charge in [-0.1, -0.05) is 20.8 Å². The van der Waals surface area contributed by atoms with Crippen LogP contribution in [0, 0.1) is 15.5 Å². The summed E-state index contributed by atoms with van der Waals surface area (Å²) in [5, 5.41) is 10.9. The van der Waals surface area contributed by atoms with Crippen LogP contribution >= 0.6 is 0 Å². The molecular formula is C11H18N4O4S. The van der Waals surface area contributed by atoms with Gasteiger partial charge in [-0.15, -0.1) is 0 Å². The zero-order valence-electron chi connectivity index (χ0n) is 11.5. The Morgan fingerprint density at radius 3 is 2.40 bits per heavy atom. The molecule has 0 amide bonds. The smallest absolute Gasteiger partial charge is 0.294 e. The van der Waals surface area contributed by atoms with Crippen molar-refractivity contribution in [1.29, 1.82) is 0 Å². The summed E-state index contributed by atoms with van der Waals surface area (Å²) in [7, 11) is -3.80. The van der Waals surface area contributed by atoms with Gasteiger partial charge in [0.2, 0.25) is 10.0 Å². The molecule has 0 aliphatic carbocycles. The van der Waals surface area contributed by atoms with Crippen molar-refractivity contribution in [3.05, 3.63) is 28.3 Å². The normalized spacial score (nSPS) is 12.2. The highest BCUT2D eigenvalue weighted by Crippen LogP contribution is 2.26. The molecule has 0 fully saturated rings. The molecular weight excluding hydrogens is 284 g/mol. The molecule has 4 N–H and O–H groups in total. The summed E-state index contributed by atoms with van der Waals surface area (Å²) in [4.78, 5) is 10.0. The quantitative estimate of drug-likeness (QED) is 0.426. The fourth-order valence-corrected chi connectivity index (χ4v) is 2.65. The summed E-state index contributed by atoms with van der Waals surface area (Å²) >= 11 is 0. The largest absolute Gasteiger partial charge is 0.318 e. The Kier molecular flexibility index (Phi) is 4.69. The minimum atomic E-state index is -3.80. The molecule has 0 aromatic heterocycles. The summed E-state index contributed by atoms with van der Waals surface area (Å²) < 4.78 is 26.6. The molecule has 0 aliphatic rings. The second kappa shape index (κ2) is 5.73. The van der Waals surface area contributed by atoms with Crippen LogP contribution in [0.1, 0.15) is 20.8 Å². The zero-order chi connectivity index (χ0) is 15.6. The Morgan fingerprint density at radius 2 is 1.95 bits per heavy atom. The molecule has 9 heteroatoms. The monoisotopic (exact) mass is 302 g/mol. The van der Waals surface area contributed by atoms with Crippen LogP contribution in [0.2, 0.25) is 0 Å². The summed E-state index contributed by atoms with van der Waals surface area (Å²) in [5.41, 5.74) is 1.57. The van der Waals surface area contributed by atoms with Gasteiger partial charge in [0.25, 0.3) is 5.69 Å². The first-order valence-electron chi connectivity index (χ1n) is 5.81. The minimum absolute atomic E-state index is 0.0461. The Hall–Kier alpha value is -1.71. The number of nitro benzene ring substituents is 1. The number of sulfonamides is 1. The summed E-state index contributed by atoms with van der Waals surface area (Å²) in [5.74, 6) is 5.14. The lowest BCUT2D eigenvalue weighted by molar-refractivity contribution is -0.384. The molecule has 0 saturated heterocycles. The SMILES string of the molecule is CC(C)(C)CNS(=O)(=O)c1ccc(NN)c([N+](=O)[O-])c1. The topological polar surface area (TPSA) is 127 Å². The first kappa shape index (κ1) is 16.3. The first-order valence-corrected chi connectivity index (χ1v) is 7.30. The van der Waals surface area contributed by atoms with E-state index in [1.54, 1.807) is 0 Å². The van der Waals surface area contributed by atoms with Gasteiger partial charge in [0.1, 0.15) is 5.69 Å². The van der Waals surface area contributed by atoms with E-state index in [1.807, 2.05) is 20.8 Å². The molecule has 8 nitrogen and oxygen atoms in total. The fourth-order valence-electron chi connectivity index (χ4n) is 1.35. The number of hydrogen-bond donors (Lipinski definition) is 3. The number of nitro groups is 1. The van der Waals surface area contributed by atoms with E-state index in [2.05, 4.69) is 10.1 Å². The number of nitrogen functional groups attached to an aromatic ring is 1. The molecule has 112 valence electrons. The summed E-state index contributed by atoms with van der Waals surface area (Å²) in [6.07, 6.45) is 0. The Labute approximate surface area is 117 Å². The predicted molar refractivity (Wildman–Crippen MR) is 75.6 cm³/mol. The highest BCUT2D eigenvalue weighted by molar-refractivity contribution is 7.89. The van der Waals surface area contributed by atoms with E-state index in [9.17, 15) is 18.5 Å². The van der Waals surface area contributed by atoms with Crippen molar-refractivity contribution < 1.29 is 13.3 Å². The number of nitrogens with one attached hydrogen (secondary N) is 2. The van der Waals surface area contributed by atoms with E-state index in [1.165, 1.54) is 12.1 Å².